The van der Waals surface area contributed by atoms with Crippen molar-refractivity contribution in [2.45, 2.75) is 25.3 Å². The molecular formula is C24H31N5O3. The van der Waals surface area contributed by atoms with Crippen molar-refractivity contribution in [3.8, 4) is 0 Å². The molecule has 0 bridgehead atoms. The largest absolute Gasteiger partial charge is 0.378 e. The number of nitrogens with one attached hydrogen (secondary N) is 2. The molecule has 0 unspecified atom stereocenters. The number of carbonyl (C=O) groups excluding carboxylic acids is 2. The van der Waals surface area contributed by atoms with E-state index in [0.29, 0.717) is 37.6 Å². The minimum atomic E-state index is -0.226. The van der Waals surface area contributed by atoms with Gasteiger partial charge in [0.05, 0.1) is 13.2 Å². The number of hydrogen-bond donors (Lipinski definition) is 2. The summed E-state index contributed by atoms with van der Waals surface area (Å²) in [6.45, 7) is 5.28. The number of morpholine rings is 1. The van der Waals surface area contributed by atoms with Crippen molar-refractivity contribution in [1.29, 1.82) is 0 Å². The smallest absolute Gasteiger partial charge is 0.319 e. The first-order chi connectivity index (χ1) is 15.7. The second-order valence-electron chi connectivity index (χ2n) is 8.31. The van der Waals surface area contributed by atoms with Crippen LogP contribution in [-0.4, -0.2) is 78.7 Å². The minimum absolute atomic E-state index is 0.0310. The van der Waals surface area contributed by atoms with Gasteiger partial charge in [-0.1, -0.05) is 6.07 Å². The molecule has 4 rings (SSSR count). The Morgan fingerprint density at radius 3 is 2.53 bits per heavy atom. The number of ether oxygens (including phenoxy) is 1. The van der Waals surface area contributed by atoms with Gasteiger partial charge >= 0.3 is 6.03 Å². The van der Waals surface area contributed by atoms with E-state index in [0.717, 1.165) is 38.9 Å². The molecule has 2 aromatic rings. The minimum Gasteiger partial charge on any atom is -0.378 e. The van der Waals surface area contributed by atoms with Crippen LogP contribution in [0.25, 0.3) is 0 Å². The van der Waals surface area contributed by atoms with Gasteiger partial charge in [0.2, 0.25) is 0 Å². The molecule has 8 nitrogen and oxygen atoms in total. The van der Waals surface area contributed by atoms with Gasteiger partial charge in [-0.2, -0.15) is 0 Å². The van der Waals surface area contributed by atoms with Gasteiger partial charge in [-0.05, 0) is 55.2 Å². The number of likely N-dealkylation sites (tertiary alicyclic amines) is 1. The number of aromatic nitrogens is 1. The maximum Gasteiger partial charge on any atom is 0.319 e. The number of nitrogens with zero attached hydrogens (tertiary/aromatic N) is 3. The summed E-state index contributed by atoms with van der Waals surface area (Å²) in [6, 6.07) is 11.2. The standard InChI is InChI=1S/C24H31N5O3/c30-23(29-14-16-32-17-15-29)20-2-1-3-22(18-20)27-24(31)26-21-7-12-28(13-8-21)11-6-19-4-9-25-10-5-19/h1-5,9-10,18,21H,6-8,11-17H2,(H2,26,27,31). The average Bonchev–Trinajstić information content (AvgIpc) is 2.84. The van der Waals surface area contributed by atoms with Crippen molar-refractivity contribution >= 4 is 17.6 Å². The van der Waals surface area contributed by atoms with Crippen LogP contribution in [0.3, 0.4) is 0 Å². The van der Waals surface area contributed by atoms with Crippen LogP contribution in [0.2, 0.25) is 0 Å². The van der Waals surface area contributed by atoms with Crippen molar-refractivity contribution in [2.75, 3.05) is 51.3 Å². The van der Waals surface area contributed by atoms with Crippen LogP contribution >= 0.6 is 0 Å². The number of rotatable bonds is 6. The first-order valence-corrected chi connectivity index (χ1v) is 11.3. The molecule has 3 heterocycles. The molecule has 2 aliphatic rings. The van der Waals surface area contributed by atoms with E-state index >= 15 is 0 Å². The number of pyridine rings is 1. The van der Waals surface area contributed by atoms with Gasteiger partial charge in [0.15, 0.2) is 0 Å². The zero-order chi connectivity index (χ0) is 22.2. The Balaban J connectivity index is 1.21. The highest BCUT2D eigenvalue weighted by Crippen LogP contribution is 2.15. The summed E-state index contributed by atoms with van der Waals surface area (Å²) in [4.78, 5) is 33.4. The van der Waals surface area contributed by atoms with E-state index in [2.05, 4.69) is 32.7 Å². The van der Waals surface area contributed by atoms with Crippen LogP contribution in [-0.2, 0) is 11.2 Å². The maximum atomic E-state index is 12.7. The molecule has 8 heteroatoms. The molecule has 32 heavy (non-hydrogen) atoms. The maximum absolute atomic E-state index is 12.7. The molecule has 0 radical (unpaired) electrons. The number of benzene rings is 1. The Labute approximate surface area is 188 Å². The number of urea groups is 1. The van der Waals surface area contributed by atoms with Gasteiger partial charge < -0.3 is 25.2 Å². The lowest BCUT2D eigenvalue weighted by atomic mass is 10.0. The molecular weight excluding hydrogens is 406 g/mol. The molecule has 170 valence electrons. The fourth-order valence-corrected chi connectivity index (χ4v) is 4.17. The average molecular weight is 438 g/mol. The number of piperidine rings is 1. The van der Waals surface area contributed by atoms with Crippen molar-refractivity contribution in [3.63, 3.8) is 0 Å². The summed E-state index contributed by atoms with van der Waals surface area (Å²) >= 11 is 0. The number of hydrogen-bond acceptors (Lipinski definition) is 5. The van der Waals surface area contributed by atoms with Gasteiger partial charge in [0.25, 0.3) is 5.91 Å². The molecule has 3 amide bonds. The molecule has 2 N–H and O–H groups in total. The zero-order valence-electron chi connectivity index (χ0n) is 18.3. The second-order valence-corrected chi connectivity index (χ2v) is 8.31. The van der Waals surface area contributed by atoms with E-state index in [1.807, 2.05) is 12.4 Å². The molecule has 0 aliphatic carbocycles. The summed E-state index contributed by atoms with van der Waals surface area (Å²) in [5.41, 5.74) is 2.50. The highest BCUT2D eigenvalue weighted by Gasteiger charge is 2.21. The summed E-state index contributed by atoms with van der Waals surface area (Å²) < 4.78 is 5.31. The Hall–Kier alpha value is -2.97. The third-order valence-electron chi connectivity index (χ3n) is 6.05. The van der Waals surface area contributed by atoms with E-state index in [1.54, 1.807) is 29.2 Å². The quantitative estimate of drug-likeness (QED) is 0.725. The van der Waals surface area contributed by atoms with Gasteiger partial charge in [-0.3, -0.25) is 9.78 Å². The van der Waals surface area contributed by atoms with E-state index in [4.69, 9.17) is 4.74 Å². The number of amides is 3. The monoisotopic (exact) mass is 437 g/mol. The first-order valence-electron chi connectivity index (χ1n) is 11.3. The van der Waals surface area contributed by atoms with Gasteiger partial charge in [-0.15, -0.1) is 0 Å². The molecule has 1 aromatic carbocycles. The summed E-state index contributed by atoms with van der Waals surface area (Å²) in [5.74, 6) is -0.0310. The van der Waals surface area contributed by atoms with Crippen molar-refractivity contribution in [2.24, 2.45) is 0 Å². The molecule has 0 saturated carbocycles. The topological polar surface area (TPSA) is 86.8 Å². The Morgan fingerprint density at radius 1 is 1.03 bits per heavy atom. The fraction of sp³-hybridized carbons (Fsp3) is 0.458. The van der Waals surface area contributed by atoms with E-state index in [9.17, 15) is 9.59 Å². The Morgan fingerprint density at radius 2 is 1.78 bits per heavy atom. The van der Waals surface area contributed by atoms with E-state index in [1.165, 1.54) is 5.56 Å². The normalized spacial score (nSPS) is 17.7. The molecule has 2 aliphatic heterocycles. The molecule has 0 atom stereocenters. The van der Waals surface area contributed by atoms with Crippen LogP contribution in [0, 0.1) is 0 Å². The summed E-state index contributed by atoms with van der Waals surface area (Å²) in [6.07, 6.45) is 6.54. The predicted octanol–water partition coefficient (Wildman–Crippen LogP) is 2.38. The van der Waals surface area contributed by atoms with E-state index in [-0.39, 0.29) is 18.0 Å². The van der Waals surface area contributed by atoms with Crippen molar-refractivity contribution in [3.05, 3.63) is 59.9 Å². The second kappa shape index (κ2) is 11.1. The van der Waals surface area contributed by atoms with Gasteiger partial charge in [-0.25, -0.2) is 4.79 Å². The highest BCUT2D eigenvalue weighted by molar-refractivity contribution is 5.97. The van der Waals surface area contributed by atoms with Gasteiger partial charge in [0.1, 0.15) is 0 Å². The van der Waals surface area contributed by atoms with Crippen LogP contribution in [0.4, 0.5) is 10.5 Å². The number of anilines is 1. The van der Waals surface area contributed by atoms with Gasteiger partial charge in [0, 0.05) is 62.4 Å². The fourth-order valence-electron chi connectivity index (χ4n) is 4.17. The molecule has 2 saturated heterocycles. The number of carbonyl (C=O) groups is 2. The SMILES string of the molecule is O=C(Nc1cccc(C(=O)N2CCOCC2)c1)NC1CCN(CCc2ccncc2)CC1. The first kappa shape index (κ1) is 22.2. The van der Waals surface area contributed by atoms with E-state index < -0.39 is 0 Å². The molecule has 2 fully saturated rings. The van der Waals surface area contributed by atoms with Crippen molar-refractivity contribution < 1.29 is 14.3 Å². The van der Waals surface area contributed by atoms with Crippen molar-refractivity contribution in [1.82, 2.24) is 20.1 Å². The molecule has 1 aromatic heterocycles. The lowest BCUT2D eigenvalue weighted by Gasteiger charge is -2.32. The van der Waals surface area contributed by atoms with Crippen LogP contribution in [0.15, 0.2) is 48.8 Å². The zero-order valence-corrected chi connectivity index (χ0v) is 18.3. The third-order valence-corrected chi connectivity index (χ3v) is 6.05. The Bertz CT molecular complexity index is 894. The Kier molecular flexibility index (Phi) is 7.68. The van der Waals surface area contributed by atoms with Crippen LogP contribution < -0.4 is 10.6 Å². The van der Waals surface area contributed by atoms with Crippen LogP contribution in [0.5, 0.6) is 0 Å². The third kappa shape index (κ3) is 6.27. The summed E-state index contributed by atoms with van der Waals surface area (Å²) in [7, 11) is 0. The lowest BCUT2D eigenvalue weighted by molar-refractivity contribution is 0.0303. The molecule has 0 spiro atoms. The predicted molar refractivity (Wildman–Crippen MR) is 123 cm³/mol. The van der Waals surface area contributed by atoms with Crippen LogP contribution in [0.1, 0.15) is 28.8 Å². The summed E-state index contributed by atoms with van der Waals surface area (Å²) in [5, 5.41) is 5.96. The lowest BCUT2D eigenvalue weighted by Crippen LogP contribution is -2.46. The highest BCUT2D eigenvalue weighted by atomic mass is 16.5.